The first-order valence-corrected chi connectivity index (χ1v) is 9.49. The van der Waals surface area contributed by atoms with E-state index < -0.39 is 15.4 Å². The van der Waals surface area contributed by atoms with Crippen molar-refractivity contribution in [3.05, 3.63) is 65.7 Å². The predicted octanol–water partition coefficient (Wildman–Crippen LogP) is 2.73. The summed E-state index contributed by atoms with van der Waals surface area (Å²) in [6, 6.07) is 16.0. The topological polar surface area (TPSA) is 72.5 Å². The average Bonchev–Trinajstić information content (AvgIpc) is 2.53. The second kappa shape index (κ2) is 7.15. The van der Waals surface area contributed by atoms with Gasteiger partial charge in [0.1, 0.15) is 0 Å². The number of anilines is 1. The van der Waals surface area contributed by atoms with Gasteiger partial charge in [0, 0.05) is 19.1 Å². The number of benzene rings is 2. The minimum absolute atomic E-state index is 0.0725. The zero-order chi connectivity index (χ0) is 17.8. The van der Waals surface area contributed by atoms with Gasteiger partial charge < -0.3 is 10.1 Å². The summed E-state index contributed by atoms with van der Waals surface area (Å²) in [7, 11) is -1.66. The van der Waals surface area contributed by atoms with Crippen LogP contribution in [-0.4, -0.2) is 27.7 Å². The van der Waals surface area contributed by atoms with Gasteiger partial charge in [-0.25, -0.2) is 8.42 Å². The van der Waals surface area contributed by atoms with E-state index >= 15 is 0 Å². The van der Waals surface area contributed by atoms with Crippen LogP contribution in [0.2, 0.25) is 0 Å². The van der Waals surface area contributed by atoms with E-state index in [0.717, 1.165) is 5.56 Å². The number of rotatable bonds is 6. The van der Waals surface area contributed by atoms with Crippen LogP contribution in [0.5, 0.6) is 0 Å². The molecule has 0 radical (unpaired) electrons. The Morgan fingerprint density at radius 2 is 1.79 bits per heavy atom. The number of hydrogen-bond acceptors (Lipinski definition) is 4. The normalized spacial score (nSPS) is 14.0. The van der Waals surface area contributed by atoms with E-state index in [9.17, 15) is 13.2 Å². The fourth-order valence-electron chi connectivity index (χ4n) is 2.39. The van der Waals surface area contributed by atoms with E-state index in [-0.39, 0.29) is 11.7 Å². The molecule has 2 aromatic carbocycles. The van der Waals surface area contributed by atoms with E-state index in [0.29, 0.717) is 11.3 Å². The molecule has 5 nitrogen and oxygen atoms in total. The van der Waals surface area contributed by atoms with E-state index in [4.69, 9.17) is 4.74 Å². The van der Waals surface area contributed by atoms with Gasteiger partial charge in [-0.2, -0.15) is 0 Å². The maximum atomic E-state index is 12.7. The van der Waals surface area contributed by atoms with Gasteiger partial charge in [-0.05, 0) is 30.2 Å². The Morgan fingerprint density at radius 3 is 2.38 bits per heavy atom. The predicted molar refractivity (Wildman–Crippen MR) is 94.4 cm³/mol. The van der Waals surface area contributed by atoms with Crippen molar-refractivity contribution in [2.75, 3.05) is 18.7 Å². The lowest BCUT2D eigenvalue weighted by atomic mass is 9.94. The van der Waals surface area contributed by atoms with Crippen molar-refractivity contribution in [1.29, 1.82) is 0 Å². The van der Waals surface area contributed by atoms with Crippen LogP contribution in [-0.2, 0) is 30.7 Å². The van der Waals surface area contributed by atoms with Crippen molar-refractivity contribution < 1.29 is 17.9 Å². The molecule has 1 atom stereocenters. The molecule has 0 fully saturated rings. The molecule has 0 bridgehead atoms. The van der Waals surface area contributed by atoms with Gasteiger partial charge in [0.25, 0.3) is 5.91 Å². The molecule has 2 aromatic rings. The van der Waals surface area contributed by atoms with Crippen molar-refractivity contribution in [2.24, 2.45) is 0 Å². The third-order valence-electron chi connectivity index (χ3n) is 3.78. The molecule has 128 valence electrons. The lowest BCUT2D eigenvalue weighted by Gasteiger charge is -2.27. The quantitative estimate of drug-likeness (QED) is 0.872. The second-order valence-electron chi connectivity index (χ2n) is 5.83. The van der Waals surface area contributed by atoms with E-state index in [1.165, 1.54) is 13.4 Å². The number of carbonyl (C=O) groups is 1. The molecular weight excluding hydrogens is 326 g/mol. The van der Waals surface area contributed by atoms with Crippen LogP contribution < -0.4 is 5.32 Å². The van der Waals surface area contributed by atoms with Gasteiger partial charge in [-0.1, -0.05) is 42.5 Å². The fraction of sp³-hybridized carbons (Fsp3) is 0.278. The Morgan fingerprint density at radius 1 is 1.12 bits per heavy atom. The van der Waals surface area contributed by atoms with Gasteiger partial charge in [0.15, 0.2) is 15.4 Å². The molecule has 0 saturated carbocycles. The molecule has 0 aromatic heterocycles. The Hall–Kier alpha value is -2.18. The monoisotopic (exact) mass is 347 g/mol. The highest BCUT2D eigenvalue weighted by Gasteiger charge is 2.35. The SMILES string of the molecule is CO[C@](C)(C(=O)Nc1cccc(CS(C)(=O)=O)c1)c1ccccc1. The van der Waals surface area contributed by atoms with Crippen molar-refractivity contribution >= 4 is 21.4 Å². The molecular formula is C18H21NO4S. The molecule has 1 N–H and O–H groups in total. The number of sulfone groups is 1. The third-order valence-corrected chi connectivity index (χ3v) is 4.64. The van der Waals surface area contributed by atoms with Gasteiger partial charge in [-0.15, -0.1) is 0 Å². The van der Waals surface area contributed by atoms with Crippen molar-refractivity contribution in [1.82, 2.24) is 0 Å². The fourth-order valence-corrected chi connectivity index (χ4v) is 3.17. The molecule has 2 rings (SSSR count). The number of ether oxygens (including phenoxy) is 1. The van der Waals surface area contributed by atoms with Crippen LogP contribution in [0.1, 0.15) is 18.1 Å². The zero-order valence-electron chi connectivity index (χ0n) is 13.9. The van der Waals surface area contributed by atoms with E-state index in [1.807, 2.05) is 30.3 Å². The van der Waals surface area contributed by atoms with Gasteiger partial charge in [-0.3, -0.25) is 4.79 Å². The highest BCUT2D eigenvalue weighted by atomic mass is 32.2. The largest absolute Gasteiger partial charge is 0.364 e. The number of nitrogens with one attached hydrogen (secondary N) is 1. The maximum Gasteiger partial charge on any atom is 0.260 e. The van der Waals surface area contributed by atoms with Crippen LogP contribution >= 0.6 is 0 Å². The summed E-state index contributed by atoms with van der Waals surface area (Å²) in [6.07, 6.45) is 1.18. The summed E-state index contributed by atoms with van der Waals surface area (Å²) in [5.41, 5.74) is 0.737. The van der Waals surface area contributed by atoms with Crippen LogP contribution in [0, 0.1) is 0 Å². The maximum absolute atomic E-state index is 12.7. The Bertz CT molecular complexity index is 818. The highest BCUT2D eigenvalue weighted by molar-refractivity contribution is 7.89. The first-order chi connectivity index (χ1) is 11.2. The van der Waals surface area contributed by atoms with Gasteiger partial charge in [0.2, 0.25) is 0 Å². The molecule has 0 spiro atoms. The summed E-state index contributed by atoms with van der Waals surface area (Å²) in [5.74, 6) is -0.399. The van der Waals surface area contributed by atoms with Crippen LogP contribution in [0.15, 0.2) is 54.6 Å². The summed E-state index contributed by atoms with van der Waals surface area (Å²) in [6.45, 7) is 1.69. The lowest BCUT2D eigenvalue weighted by Crippen LogP contribution is -2.39. The standard InChI is InChI=1S/C18H21NO4S/c1-18(23-2,15-9-5-4-6-10-15)17(20)19-16-11-7-8-14(12-16)13-24(3,21)22/h4-12H,13H2,1-3H3,(H,19,20)/t18-/m0/s1. The number of amides is 1. The first-order valence-electron chi connectivity index (χ1n) is 7.43. The molecule has 24 heavy (non-hydrogen) atoms. The molecule has 0 unspecified atom stereocenters. The summed E-state index contributed by atoms with van der Waals surface area (Å²) < 4.78 is 28.3. The van der Waals surface area contributed by atoms with Crippen molar-refractivity contribution in [3.8, 4) is 0 Å². The summed E-state index contributed by atoms with van der Waals surface area (Å²) in [5, 5.41) is 2.80. The summed E-state index contributed by atoms with van der Waals surface area (Å²) >= 11 is 0. The molecule has 0 heterocycles. The third kappa shape index (κ3) is 4.43. The Labute approximate surface area is 142 Å². The van der Waals surface area contributed by atoms with E-state index in [1.54, 1.807) is 31.2 Å². The second-order valence-corrected chi connectivity index (χ2v) is 7.97. The minimum atomic E-state index is -3.14. The average molecular weight is 347 g/mol. The van der Waals surface area contributed by atoms with Gasteiger partial charge >= 0.3 is 0 Å². The molecule has 0 saturated heterocycles. The molecule has 0 aliphatic heterocycles. The lowest BCUT2D eigenvalue weighted by molar-refractivity contribution is -0.136. The summed E-state index contributed by atoms with van der Waals surface area (Å²) in [4.78, 5) is 12.7. The number of carbonyl (C=O) groups excluding carboxylic acids is 1. The van der Waals surface area contributed by atoms with E-state index in [2.05, 4.69) is 5.32 Å². The van der Waals surface area contributed by atoms with Crippen LogP contribution in [0.25, 0.3) is 0 Å². The zero-order valence-corrected chi connectivity index (χ0v) is 14.8. The Balaban J connectivity index is 2.24. The first kappa shape index (κ1) is 18.2. The highest BCUT2D eigenvalue weighted by Crippen LogP contribution is 2.26. The molecule has 6 heteroatoms. The smallest absolute Gasteiger partial charge is 0.260 e. The number of methoxy groups -OCH3 is 1. The van der Waals surface area contributed by atoms with Crippen molar-refractivity contribution in [3.63, 3.8) is 0 Å². The van der Waals surface area contributed by atoms with Gasteiger partial charge in [0.05, 0.1) is 5.75 Å². The van der Waals surface area contributed by atoms with Crippen LogP contribution in [0.4, 0.5) is 5.69 Å². The van der Waals surface area contributed by atoms with Crippen LogP contribution in [0.3, 0.4) is 0 Å². The minimum Gasteiger partial charge on any atom is -0.364 e. The number of hydrogen-bond donors (Lipinski definition) is 1. The van der Waals surface area contributed by atoms with Crippen molar-refractivity contribution in [2.45, 2.75) is 18.3 Å². The Kier molecular flexibility index (Phi) is 5.41. The molecule has 1 amide bonds. The molecule has 0 aliphatic carbocycles. The molecule has 0 aliphatic rings.